The summed E-state index contributed by atoms with van der Waals surface area (Å²) in [7, 11) is 1.82. The van der Waals surface area contributed by atoms with Crippen molar-refractivity contribution in [3.8, 4) is 11.5 Å². The summed E-state index contributed by atoms with van der Waals surface area (Å²) in [5.41, 5.74) is 0.782. The molecule has 0 spiro atoms. The molecule has 0 fully saturated rings. The van der Waals surface area contributed by atoms with E-state index in [-0.39, 0.29) is 17.8 Å². The van der Waals surface area contributed by atoms with Crippen LogP contribution in [0.25, 0.3) is 11.5 Å². The first-order valence-electron chi connectivity index (χ1n) is 6.99. The second-order valence-corrected chi connectivity index (χ2v) is 6.79. The maximum atomic E-state index is 11.8. The van der Waals surface area contributed by atoms with Gasteiger partial charge >= 0.3 is 5.97 Å². The van der Waals surface area contributed by atoms with Crippen LogP contribution in [0.1, 0.15) is 33.9 Å². The van der Waals surface area contributed by atoms with Gasteiger partial charge in [-0.05, 0) is 27.8 Å². The molecule has 0 saturated carbocycles. The van der Waals surface area contributed by atoms with Crippen molar-refractivity contribution in [2.45, 2.75) is 33.9 Å². The molecule has 2 aromatic heterocycles. The first kappa shape index (κ1) is 16.8. The number of aryl methyl sites for hydroxylation is 1. The van der Waals surface area contributed by atoms with Gasteiger partial charge in [-0.1, -0.05) is 27.7 Å². The third-order valence-corrected chi connectivity index (χ3v) is 3.83. The lowest BCUT2D eigenvalue weighted by Crippen LogP contribution is -2.26. The zero-order valence-corrected chi connectivity index (χ0v) is 15.3. The Bertz CT molecular complexity index is 644. The standard InChI is InChI=1S/C13H19IN6O2/c1-7(2)12(22-13(21)8(3)4)20-17-11(16-18-20)10-9(14)6-15-19(10)5/h6-8,12H,1-5H3. The van der Waals surface area contributed by atoms with Crippen molar-refractivity contribution in [3.63, 3.8) is 0 Å². The van der Waals surface area contributed by atoms with Crippen LogP contribution >= 0.6 is 22.6 Å². The van der Waals surface area contributed by atoms with E-state index in [4.69, 9.17) is 4.74 Å². The minimum absolute atomic E-state index is 0.0235. The summed E-state index contributed by atoms with van der Waals surface area (Å²) in [6.07, 6.45) is 1.15. The van der Waals surface area contributed by atoms with Crippen LogP contribution in [-0.4, -0.2) is 36.0 Å². The van der Waals surface area contributed by atoms with Crippen LogP contribution in [-0.2, 0) is 16.6 Å². The van der Waals surface area contributed by atoms with Crippen molar-refractivity contribution in [1.29, 1.82) is 0 Å². The fourth-order valence-corrected chi connectivity index (χ4v) is 2.51. The molecule has 0 aromatic carbocycles. The first-order valence-corrected chi connectivity index (χ1v) is 8.07. The number of hydrogen-bond donors (Lipinski definition) is 0. The highest BCUT2D eigenvalue weighted by Gasteiger charge is 2.25. The van der Waals surface area contributed by atoms with E-state index in [1.807, 2.05) is 20.9 Å². The van der Waals surface area contributed by atoms with E-state index in [9.17, 15) is 4.79 Å². The van der Waals surface area contributed by atoms with Crippen LogP contribution in [0.4, 0.5) is 0 Å². The minimum atomic E-state index is -0.581. The van der Waals surface area contributed by atoms with Crippen molar-refractivity contribution in [1.82, 2.24) is 30.0 Å². The lowest BCUT2D eigenvalue weighted by Gasteiger charge is -2.20. The van der Waals surface area contributed by atoms with E-state index < -0.39 is 6.23 Å². The fourth-order valence-electron chi connectivity index (χ4n) is 1.80. The van der Waals surface area contributed by atoms with Gasteiger partial charge in [-0.15, -0.1) is 15.0 Å². The molecule has 0 saturated heterocycles. The number of carbonyl (C=O) groups is 1. The molecular formula is C13H19IN6O2. The Morgan fingerprint density at radius 1 is 1.32 bits per heavy atom. The van der Waals surface area contributed by atoms with Crippen molar-refractivity contribution in [2.75, 3.05) is 0 Å². The summed E-state index contributed by atoms with van der Waals surface area (Å²) < 4.78 is 8.10. The van der Waals surface area contributed by atoms with Crippen molar-refractivity contribution in [2.24, 2.45) is 18.9 Å². The Morgan fingerprint density at radius 3 is 2.50 bits per heavy atom. The summed E-state index contributed by atoms with van der Waals surface area (Å²) in [4.78, 5) is 13.2. The van der Waals surface area contributed by atoms with Gasteiger partial charge in [0.1, 0.15) is 5.69 Å². The molecule has 0 bridgehead atoms. The van der Waals surface area contributed by atoms with Gasteiger partial charge in [0.2, 0.25) is 12.1 Å². The maximum absolute atomic E-state index is 11.8. The molecule has 2 rings (SSSR count). The zero-order valence-electron chi connectivity index (χ0n) is 13.2. The van der Waals surface area contributed by atoms with E-state index in [0.717, 1.165) is 9.26 Å². The number of hydrogen-bond acceptors (Lipinski definition) is 6. The molecule has 2 aromatic rings. The monoisotopic (exact) mass is 418 g/mol. The van der Waals surface area contributed by atoms with E-state index in [2.05, 4.69) is 43.1 Å². The Morgan fingerprint density at radius 2 is 2.00 bits per heavy atom. The van der Waals surface area contributed by atoms with Crippen LogP contribution in [0.2, 0.25) is 0 Å². The second kappa shape index (κ2) is 6.71. The molecule has 0 N–H and O–H groups in total. The van der Waals surface area contributed by atoms with Crippen LogP contribution < -0.4 is 0 Å². The molecule has 8 nitrogen and oxygen atoms in total. The molecule has 120 valence electrons. The fraction of sp³-hybridized carbons (Fsp3) is 0.615. The van der Waals surface area contributed by atoms with Crippen LogP contribution in [0.5, 0.6) is 0 Å². The maximum Gasteiger partial charge on any atom is 0.310 e. The number of ether oxygens (including phenoxy) is 1. The number of rotatable bonds is 5. The predicted octanol–water partition coefficient (Wildman–Crippen LogP) is 2.03. The zero-order chi connectivity index (χ0) is 16.4. The van der Waals surface area contributed by atoms with Gasteiger partial charge < -0.3 is 4.74 Å². The molecule has 9 heteroatoms. The lowest BCUT2D eigenvalue weighted by atomic mass is 10.2. The SMILES string of the molecule is CC(C)C(=O)OC(C(C)C)n1nnc(-c2c(I)cnn2C)n1. The third-order valence-electron chi connectivity index (χ3n) is 3.04. The molecule has 1 unspecified atom stereocenters. The number of aromatic nitrogens is 6. The summed E-state index contributed by atoms with van der Waals surface area (Å²) >= 11 is 2.17. The number of halogens is 1. The van der Waals surface area contributed by atoms with E-state index in [0.29, 0.717) is 5.82 Å². The minimum Gasteiger partial charge on any atom is -0.437 e. The van der Waals surface area contributed by atoms with E-state index in [1.165, 1.54) is 4.80 Å². The molecular weight excluding hydrogens is 399 g/mol. The highest BCUT2D eigenvalue weighted by atomic mass is 127. The topological polar surface area (TPSA) is 87.7 Å². The molecule has 0 radical (unpaired) electrons. The third kappa shape index (κ3) is 3.45. The summed E-state index contributed by atoms with van der Waals surface area (Å²) in [6, 6.07) is 0. The molecule has 0 aliphatic carbocycles. The Labute approximate surface area is 142 Å². The smallest absolute Gasteiger partial charge is 0.310 e. The largest absolute Gasteiger partial charge is 0.437 e. The Balaban J connectivity index is 2.30. The normalized spacial score (nSPS) is 12.9. The average molecular weight is 418 g/mol. The van der Waals surface area contributed by atoms with Gasteiger partial charge in [0, 0.05) is 13.0 Å². The van der Waals surface area contributed by atoms with Crippen LogP contribution in [0.3, 0.4) is 0 Å². The highest BCUT2D eigenvalue weighted by Crippen LogP contribution is 2.23. The average Bonchev–Trinajstić information content (AvgIpc) is 3.02. The molecule has 0 amide bonds. The highest BCUT2D eigenvalue weighted by molar-refractivity contribution is 14.1. The first-order chi connectivity index (χ1) is 10.3. The number of nitrogens with zero attached hydrogens (tertiary/aromatic N) is 6. The number of tetrazole rings is 1. The predicted molar refractivity (Wildman–Crippen MR) is 87.5 cm³/mol. The molecule has 0 aliphatic heterocycles. The van der Waals surface area contributed by atoms with Gasteiger partial charge in [-0.2, -0.15) is 5.10 Å². The van der Waals surface area contributed by atoms with E-state index in [1.54, 1.807) is 24.7 Å². The molecule has 1 atom stereocenters. The van der Waals surface area contributed by atoms with Crippen molar-refractivity contribution >= 4 is 28.6 Å². The van der Waals surface area contributed by atoms with Gasteiger partial charge in [-0.25, -0.2) is 0 Å². The van der Waals surface area contributed by atoms with E-state index >= 15 is 0 Å². The number of carbonyl (C=O) groups excluding carboxylic acids is 1. The summed E-state index contributed by atoms with van der Waals surface area (Å²) in [5, 5.41) is 16.6. The second-order valence-electron chi connectivity index (χ2n) is 5.62. The van der Waals surface area contributed by atoms with Crippen molar-refractivity contribution in [3.05, 3.63) is 9.77 Å². The quantitative estimate of drug-likeness (QED) is 0.546. The molecule has 22 heavy (non-hydrogen) atoms. The number of esters is 1. The Hall–Kier alpha value is -1.52. The summed E-state index contributed by atoms with van der Waals surface area (Å²) in [6.45, 7) is 7.46. The van der Waals surface area contributed by atoms with Crippen LogP contribution in [0, 0.1) is 15.4 Å². The van der Waals surface area contributed by atoms with Gasteiger partial charge in [0.25, 0.3) is 0 Å². The van der Waals surface area contributed by atoms with Crippen molar-refractivity contribution < 1.29 is 9.53 Å². The summed E-state index contributed by atoms with van der Waals surface area (Å²) in [5.74, 6) is -0.0130. The molecule has 2 heterocycles. The van der Waals surface area contributed by atoms with Gasteiger partial charge in [0.05, 0.1) is 15.7 Å². The Kier molecular flexibility index (Phi) is 5.14. The lowest BCUT2D eigenvalue weighted by molar-refractivity contribution is -0.163. The van der Waals surface area contributed by atoms with Gasteiger partial charge in [0.15, 0.2) is 0 Å². The van der Waals surface area contributed by atoms with Crippen LogP contribution in [0.15, 0.2) is 6.20 Å². The molecule has 0 aliphatic rings. The van der Waals surface area contributed by atoms with Gasteiger partial charge in [-0.3, -0.25) is 9.48 Å².